The third-order valence-corrected chi connectivity index (χ3v) is 6.72. The van der Waals surface area contributed by atoms with Crippen molar-refractivity contribution in [3.8, 4) is 11.5 Å². The van der Waals surface area contributed by atoms with Gasteiger partial charge in [0, 0.05) is 6.54 Å². The first-order valence-electron chi connectivity index (χ1n) is 11.4. The first kappa shape index (κ1) is 21.5. The Morgan fingerprint density at radius 3 is 2.64 bits per heavy atom. The predicted molar refractivity (Wildman–Crippen MR) is 118 cm³/mol. The number of Topliss-reactive ketones (excluding diaryl/α,β-unsaturated/α-hetero) is 1. The summed E-state index contributed by atoms with van der Waals surface area (Å²) in [5.41, 5.74) is 1.77. The summed E-state index contributed by atoms with van der Waals surface area (Å²) in [4.78, 5) is 28.8. The zero-order valence-electron chi connectivity index (χ0n) is 18.4. The lowest BCUT2D eigenvalue weighted by molar-refractivity contribution is -0.135. The molecule has 7 heteroatoms. The van der Waals surface area contributed by atoms with E-state index in [0.717, 1.165) is 31.2 Å². The fourth-order valence-corrected chi connectivity index (χ4v) is 5.16. The molecule has 172 valence electrons. The van der Waals surface area contributed by atoms with E-state index in [1.807, 2.05) is 6.92 Å². The predicted octanol–water partition coefficient (Wildman–Crippen LogP) is 4.43. The summed E-state index contributed by atoms with van der Waals surface area (Å²) in [5.74, 6) is -0.582. The van der Waals surface area contributed by atoms with Gasteiger partial charge in [0.15, 0.2) is 23.0 Å². The molecule has 2 aromatic rings. The van der Waals surface area contributed by atoms with Crippen molar-refractivity contribution in [1.82, 2.24) is 4.90 Å². The molecule has 1 aliphatic carbocycles. The van der Waals surface area contributed by atoms with Gasteiger partial charge in [0.1, 0.15) is 11.9 Å². The van der Waals surface area contributed by atoms with Crippen LogP contribution in [-0.4, -0.2) is 34.4 Å². The van der Waals surface area contributed by atoms with Crippen molar-refractivity contribution in [2.75, 3.05) is 6.61 Å². The van der Waals surface area contributed by atoms with E-state index in [2.05, 4.69) is 0 Å². The Bertz CT molecular complexity index is 1130. The number of phenolic OH excluding ortho intramolecular Hbond substituents is 1. The first-order chi connectivity index (χ1) is 16.0. The van der Waals surface area contributed by atoms with E-state index in [-0.39, 0.29) is 53.3 Å². The maximum Gasteiger partial charge on any atom is 0.290 e. The highest BCUT2D eigenvalue weighted by Crippen LogP contribution is 2.48. The molecule has 0 aromatic heterocycles. The number of ketones is 1. The Balaban J connectivity index is 1.59. The molecular weight excluding hydrogens is 425 g/mol. The molecule has 0 radical (unpaired) electrons. The Morgan fingerprint density at radius 2 is 1.88 bits per heavy atom. The van der Waals surface area contributed by atoms with Crippen molar-refractivity contribution in [1.29, 1.82) is 0 Å². The molecule has 3 atom stereocenters. The van der Waals surface area contributed by atoms with Crippen LogP contribution in [0.4, 0.5) is 4.39 Å². The number of carbonyl (C=O) groups is 2. The second-order valence-corrected chi connectivity index (χ2v) is 8.78. The summed E-state index contributed by atoms with van der Waals surface area (Å²) >= 11 is 0. The quantitative estimate of drug-likeness (QED) is 0.728. The molecule has 0 spiro atoms. The molecule has 0 saturated heterocycles. The largest absolute Gasteiger partial charge is 0.504 e. The van der Waals surface area contributed by atoms with E-state index in [4.69, 9.17) is 9.47 Å². The van der Waals surface area contributed by atoms with Crippen molar-refractivity contribution >= 4 is 11.7 Å². The molecule has 2 heterocycles. The number of hydrogen-bond acceptors (Lipinski definition) is 5. The van der Waals surface area contributed by atoms with Gasteiger partial charge in [-0.2, -0.15) is 0 Å². The van der Waals surface area contributed by atoms with Crippen LogP contribution in [0.15, 0.2) is 53.8 Å². The molecule has 3 unspecified atom stereocenters. The van der Waals surface area contributed by atoms with Crippen molar-refractivity contribution in [2.24, 2.45) is 5.92 Å². The summed E-state index contributed by atoms with van der Waals surface area (Å²) in [6, 6.07) is 10.2. The van der Waals surface area contributed by atoms with Crippen LogP contribution in [0.3, 0.4) is 0 Å². The normalized spacial score (nSPS) is 24.4. The van der Waals surface area contributed by atoms with E-state index < -0.39 is 6.04 Å². The molecule has 0 bridgehead atoms. The summed E-state index contributed by atoms with van der Waals surface area (Å²) in [6.45, 7) is 2.36. The molecule has 1 N–H and O–H groups in total. The minimum atomic E-state index is -0.673. The topological polar surface area (TPSA) is 76.1 Å². The molecule has 33 heavy (non-hydrogen) atoms. The Morgan fingerprint density at radius 1 is 1.12 bits per heavy atom. The van der Waals surface area contributed by atoms with Gasteiger partial charge in [-0.05, 0) is 61.6 Å². The molecule has 1 amide bonds. The molecule has 5 rings (SSSR count). The van der Waals surface area contributed by atoms with Crippen LogP contribution in [0.2, 0.25) is 0 Å². The van der Waals surface area contributed by atoms with Crippen molar-refractivity contribution in [3.63, 3.8) is 0 Å². The highest BCUT2D eigenvalue weighted by molar-refractivity contribution is 6.11. The SMILES string of the molecule is CCOc1cc(C2C3=C(OC4CCCCC4C3=O)C(=O)N2Cc2ccc(F)cc2)ccc1O. The van der Waals surface area contributed by atoms with E-state index >= 15 is 0 Å². The second-order valence-electron chi connectivity index (χ2n) is 8.78. The zero-order valence-corrected chi connectivity index (χ0v) is 18.4. The maximum absolute atomic E-state index is 13.6. The van der Waals surface area contributed by atoms with Crippen LogP contribution in [0.5, 0.6) is 11.5 Å². The Hall–Kier alpha value is -3.35. The number of benzene rings is 2. The van der Waals surface area contributed by atoms with Gasteiger partial charge in [-0.3, -0.25) is 9.59 Å². The standard InChI is InChI=1S/C26H26FNO5/c1-2-32-21-13-16(9-12-19(21)29)23-22-24(30)18-5-3-4-6-20(18)33-25(22)26(31)28(23)14-15-7-10-17(27)11-8-15/h7-13,18,20,23,29H,2-6,14H2,1H3. The van der Waals surface area contributed by atoms with Gasteiger partial charge >= 0.3 is 0 Å². The van der Waals surface area contributed by atoms with Crippen LogP contribution >= 0.6 is 0 Å². The van der Waals surface area contributed by atoms with Gasteiger partial charge in [-0.1, -0.05) is 24.6 Å². The summed E-state index contributed by atoms with van der Waals surface area (Å²) < 4.78 is 25.2. The summed E-state index contributed by atoms with van der Waals surface area (Å²) in [5, 5.41) is 10.2. The number of rotatable bonds is 5. The third kappa shape index (κ3) is 3.75. The number of ether oxygens (including phenoxy) is 2. The number of fused-ring (bicyclic) bond motifs is 1. The van der Waals surface area contributed by atoms with Crippen molar-refractivity contribution in [2.45, 2.75) is 51.3 Å². The number of amides is 1. The zero-order chi connectivity index (χ0) is 23.1. The van der Waals surface area contributed by atoms with E-state index in [1.54, 1.807) is 29.2 Å². The van der Waals surface area contributed by atoms with Crippen molar-refractivity contribution < 1.29 is 28.6 Å². The number of halogens is 1. The number of aromatic hydroxyl groups is 1. The van der Waals surface area contributed by atoms with E-state index in [0.29, 0.717) is 17.7 Å². The summed E-state index contributed by atoms with van der Waals surface area (Å²) in [7, 11) is 0. The minimum Gasteiger partial charge on any atom is -0.504 e. The van der Waals surface area contributed by atoms with Crippen LogP contribution in [0.1, 0.15) is 49.8 Å². The van der Waals surface area contributed by atoms with Gasteiger partial charge in [-0.15, -0.1) is 0 Å². The van der Waals surface area contributed by atoms with Gasteiger partial charge in [0.2, 0.25) is 0 Å². The lowest BCUT2D eigenvalue weighted by atomic mass is 9.77. The fraction of sp³-hybridized carbons (Fsp3) is 0.385. The number of hydrogen-bond donors (Lipinski definition) is 1. The minimum absolute atomic E-state index is 0.0113. The second kappa shape index (κ2) is 8.54. The summed E-state index contributed by atoms with van der Waals surface area (Å²) in [6.07, 6.45) is 3.18. The van der Waals surface area contributed by atoms with Gasteiger partial charge in [0.25, 0.3) is 5.91 Å². The van der Waals surface area contributed by atoms with Crippen LogP contribution in [-0.2, 0) is 20.9 Å². The van der Waals surface area contributed by atoms with Gasteiger partial charge in [0.05, 0.1) is 24.1 Å². The van der Waals surface area contributed by atoms with Crippen LogP contribution < -0.4 is 4.74 Å². The number of carbonyl (C=O) groups excluding carboxylic acids is 2. The number of nitrogens with zero attached hydrogens (tertiary/aromatic N) is 1. The molecule has 2 aliphatic heterocycles. The van der Waals surface area contributed by atoms with Crippen LogP contribution in [0, 0.1) is 11.7 Å². The molecule has 1 saturated carbocycles. The highest BCUT2D eigenvalue weighted by atomic mass is 19.1. The first-order valence-corrected chi connectivity index (χ1v) is 11.4. The lowest BCUT2D eigenvalue weighted by Gasteiger charge is -2.35. The van der Waals surface area contributed by atoms with Crippen molar-refractivity contribution in [3.05, 3.63) is 70.7 Å². The molecule has 6 nitrogen and oxygen atoms in total. The average Bonchev–Trinajstić information content (AvgIpc) is 3.09. The highest BCUT2D eigenvalue weighted by Gasteiger charge is 2.52. The van der Waals surface area contributed by atoms with Gasteiger partial charge < -0.3 is 19.5 Å². The third-order valence-electron chi connectivity index (χ3n) is 6.72. The molecular formula is C26H26FNO5. The fourth-order valence-electron chi connectivity index (χ4n) is 5.16. The lowest BCUT2D eigenvalue weighted by Crippen LogP contribution is -2.39. The molecule has 2 aromatic carbocycles. The molecule has 1 fully saturated rings. The number of phenols is 1. The van der Waals surface area contributed by atoms with E-state index in [9.17, 15) is 19.1 Å². The van der Waals surface area contributed by atoms with Crippen LogP contribution in [0.25, 0.3) is 0 Å². The smallest absolute Gasteiger partial charge is 0.290 e. The Kier molecular flexibility index (Phi) is 5.56. The average molecular weight is 451 g/mol. The Labute approximate surface area is 191 Å². The molecule has 3 aliphatic rings. The van der Waals surface area contributed by atoms with E-state index in [1.165, 1.54) is 18.2 Å². The maximum atomic E-state index is 13.6. The van der Waals surface area contributed by atoms with Gasteiger partial charge in [-0.25, -0.2) is 4.39 Å². The monoisotopic (exact) mass is 451 g/mol.